The van der Waals surface area contributed by atoms with Gasteiger partial charge in [-0.05, 0) is 30.7 Å². The Kier molecular flexibility index (Phi) is 3.82. The molecule has 2 rings (SSSR count). The largest absolute Gasteiger partial charge is 0.497 e. The van der Waals surface area contributed by atoms with Crippen LogP contribution in [0.3, 0.4) is 0 Å². The van der Waals surface area contributed by atoms with Gasteiger partial charge in [-0.3, -0.25) is 0 Å². The smallest absolute Gasteiger partial charge is 0.356 e. The number of hydrogen-bond donors (Lipinski definition) is 2. The summed E-state index contributed by atoms with van der Waals surface area (Å²) in [5.74, 6) is -0.388. The number of carboxylic acids is 1. The van der Waals surface area contributed by atoms with Crippen LogP contribution in [0.25, 0.3) is 5.69 Å². The number of methoxy groups -OCH3 is 1. The molecule has 2 aromatic rings. The van der Waals surface area contributed by atoms with Crippen LogP contribution in [0.5, 0.6) is 5.75 Å². The van der Waals surface area contributed by atoms with Gasteiger partial charge in [-0.15, -0.1) is 0 Å². The van der Waals surface area contributed by atoms with E-state index in [-0.39, 0.29) is 18.7 Å². The van der Waals surface area contributed by atoms with Gasteiger partial charge in [0, 0.05) is 18.4 Å². The number of carboxylic acid groups (broad SMARTS) is 1. The third kappa shape index (κ3) is 2.74. The van der Waals surface area contributed by atoms with E-state index in [0.717, 1.165) is 5.69 Å². The fourth-order valence-electron chi connectivity index (χ4n) is 1.76. The van der Waals surface area contributed by atoms with Gasteiger partial charge in [-0.25, -0.2) is 9.48 Å². The highest BCUT2D eigenvalue weighted by Gasteiger charge is 2.15. The van der Waals surface area contributed by atoms with E-state index in [1.54, 1.807) is 37.6 Å². The number of aromatic nitrogens is 2. The first kappa shape index (κ1) is 13.1. The van der Waals surface area contributed by atoms with Crippen molar-refractivity contribution in [1.82, 2.24) is 9.78 Å². The van der Waals surface area contributed by atoms with Crippen LogP contribution in [0.1, 0.15) is 16.1 Å². The fraction of sp³-hybridized carbons (Fsp3) is 0.231. The number of aromatic carboxylic acids is 1. The molecule has 0 spiro atoms. The number of benzene rings is 1. The van der Waals surface area contributed by atoms with Gasteiger partial charge >= 0.3 is 5.97 Å². The topological polar surface area (TPSA) is 84.6 Å². The lowest BCUT2D eigenvalue weighted by Gasteiger charge is -2.02. The van der Waals surface area contributed by atoms with E-state index in [0.29, 0.717) is 11.3 Å². The maximum absolute atomic E-state index is 11.1. The first-order valence-electron chi connectivity index (χ1n) is 5.73. The summed E-state index contributed by atoms with van der Waals surface area (Å²) in [6, 6.07) is 7.09. The van der Waals surface area contributed by atoms with Crippen LogP contribution in [0.15, 0.2) is 30.5 Å². The van der Waals surface area contributed by atoms with Crippen LogP contribution >= 0.6 is 0 Å². The van der Waals surface area contributed by atoms with Gasteiger partial charge in [0.05, 0.1) is 12.8 Å². The van der Waals surface area contributed by atoms with Crippen molar-refractivity contribution in [2.75, 3.05) is 13.7 Å². The van der Waals surface area contributed by atoms with Crippen molar-refractivity contribution in [3.63, 3.8) is 0 Å². The van der Waals surface area contributed by atoms with Gasteiger partial charge in [0.15, 0.2) is 5.69 Å². The van der Waals surface area contributed by atoms with Gasteiger partial charge < -0.3 is 14.9 Å². The second kappa shape index (κ2) is 5.53. The molecule has 0 unspecified atom stereocenters. The van der Waals surface area contributed by atoms with Gasteiger partial charge in [0.1, 0.15) is 5.75 Å². The molecule has 6 heteroatoms. The zero-order chi connectivity index (χ0) is 13.8. The molecule has 19 heavy (non-hydrogen) atoms. The number of nitrogens with zero attached hydrogens (tertiary/aromatic N) is 2. The van der Waals surface area contributed by atoms with E-state index >= 15 is 0 Å². The average Bonchev–Trinajstić information content (AvgIpc) is 2.83. The van der Waals surface area contributed by atoms with Crippen LogP contribution in [-0.2, 0) is 6.42 Å². The van der Waals surface area contributed by atoms with Crippen molar-refractivity contribution in [3.05, 3.63) is 41.7 Å². The average molecular weight is 262 g/mol. The summed E-state index contributed by atoms with van der Waals surface area (Å²) >= 11 is 0. The first-order chi connectivity index (χ1) is 9.15. The summed E-state index contributed by atoms with van der Waals surface area (Å²) in [4.78, 5) is 11.1. The number of hydrogen-bond acceptors (Lipinski definition) is 4. The Labute approximate surface area is 109 Å². The van der Waals surface area contributed by atoms with Gasteiger partial charge in [0.25, 0.3) is 0 Å². The molecule has 0 aliphatic carbocycles. The molecule has 1 aromatic heterocycles. The summed E-state index contributed by atoms with van der Waals surface area (Å²) in [6.45, 7) is -0.116. The second-order valence-corrected chi connectivity index (χ2v) is 3.92. The summed E-state index contributed by atoms with van der Waals surface area (Å²) < 4.78 is 6.53. The third-order valence-corrected chi connectivity index (χ3v) is 2.71. The van der Waals surface area contributed by atoms with Crippen molar-refractivity contribution in [2.24, 2.45) is 0 Å². The quantitative estimate of drug-likeness (QED) is 0.843. The molecule has 0 fully saturated rings. The SMILES string of the molecule is COc1ccc(-n2cc(CCO)c(C(=O)O)n2)cc1. The Morgan fingerprint density at radius 1 is 1.37 bits per heavy atom. The van der Waals surface area contributed by atoms with Crippen LogP contribution in [0.2, 0.25) is 0 Å². The number of aliphatic hydroxyl groups is 1. The van der Waals surface area contributed by atoms with Crippen molar-refractivity contribution < 1.29 is 19.7 Å². The molecule has 0 amide bonds. The predicted molar refractivity (Wildman–Crippen MR) is 67.9 cm³/mol. The normalized spacial score (nSPS) is 10.4. The van der Waals surface area contributed by atoms with Crippen molar-refractivity contribution in [2.45, 2.75) is 6.42 Å². The predicted octanol–water partition coefficient (Wildman–Crippen LogP) is 1.11. The van der Waals surface area contributed by atoms with Gasteiger partial charge in [-0.1, -0.05) is 0 Å². The zero-order valence-corrected chi connectivity index (χ0v) is 10.4. The van der Waals surface area contributed by atoms with Crippen molar-refractivity contribution >= 4 is 5.97 Å². The second-order valence-electron chi connectivity index (χ2n) is 3.92. The standard InChI is InChI=1S/C13H14N2O4/c1-19-11-4-2-10(3-5-11)15-8-9(6-7-16)12(14-15)13(17)18/h2-5,8,16H,6-7H2,1H3,(H,17,18). The maximum Gasteiger partial charge on any atom is 0.356 e. The number of ether oxygens (including phenoxy) is 1. The molecular formula is C13H14N2O4. The van der Waals surface area contributed by atoms with Crippen LogP contribution in [0, 0.1) is 0 Å². The minimum absolute atomic E-state index is 0.0372. The summed E-state index contributed by atoms with van der Waals surface area (Å²) in [6.07, 6.45) is 1.87. The molecule has 0 bridgehead atoms. The van der Waals surface area contributed by atoms with E-state index in [4.69, 9.17) is 14.9 Å². The molecule has 0 atom stereocenters. The Bertz CT molecular complexity index is 575. The molecule has 0 radical (unpaired) electrons. The van der Waals surface area contributed by atoms with Gasteiger partial charge in [0.2, 0.25) is 0 Å². The van der Waals surface area contributed by atoms with Crippen LogP contribution < -0.4 is 4.74 Å². The molecule has 0 aliphatic rings. The Morgan fingerprint density at radius 3 is 2.58 bits per heavy atom. The number of rotatable bonds is 5. The molecule has 0 aliphatic heterocycles. The number of carbonyl (C=O) groups is 1. The van der Waals surface area contributed by atoms with Gasteiger partial charge in [-0.2, -0.15) is 5.10 Å². The molecule has 0 saturated heterocycles. The number of aliphatic hydroxyl groups excluding tert-OH is 1. The summed E-state index contributed by atoms with van der Waals surface area (Å²) in [7, 11) is 1.57. The van der Waals surface area contributed by atoms with E-state index in [1.165, 1.54) is 4.68 Å². The highest BCUT2D eigenvalue weighted by molar-refractivity contribution is 5.87. The maximum atomic E-state index is 11.1. The molecule has 2 N–H and O–H groups in total. The van der Waals surface area contributed by atoms with Crippen molar-refractivity contribution in [1.29, 1.82) is 0 Å². The molecule has 1 aromatic carbocycles. The highest BCUT2D eigenvalue weighted by atomic mass is 16.5. The minimum atomic E-state index is -1.10. The third-order valence-electron chi connectivity index (χ3n) is 2.71. The van der Waals surface area contributed by atoms with E-state index < -0.39 is 5.97 Å². The first-order valence-corrected chi connectivity index (χ1v) is 5.73. The van der Waals surface area contributed by atoms with Crippen LogP contribution in [-0.4, -0.2) is 39.7 Å². The summed E-state index contributed by atoms with van der Waals surface area (Å²) in [5.41, 5.74) is 1.20. The lowest BCUT2D eigenvalue weighted by molar-refractivity contribution is 0.0688. The molecule has 6 nitrogen and oxygen atoms in total. The Hall–Kier alpha value is -2.34. The van der Waals surface area contributed by atoms with E-state index in [9.17, 15) is 4.79 Å². The highest BCUT2D eigenvalue weighted by Crippen LogP contribution is 2.17. The molecule has 0 saturated carbocycles. The Balaban J connectivity index is 2.38. The van der Waals surface area contributed by atoms with E-state index in [2.05, 4.69) is 5.10 Å². The van der Waals surface area contributed by atoms with Crippen molar-refractivity contribution in [3.8, 4) is 11.4 Å². The monoisotopic (exact) mass is 262 g/mol. The summed E-state index contributed by atoms with van der Waals surface area (Å²) in [5, 5.41) is 22.0. The van der Waals surface area contributed by atoms with Crippen LogP contribution in [0.4, 0.5) is 0 Å². The molecule has 100 valence electrons. The van der Waals surface area contributed by atoms with E-state index in [1.807, 2.05) is 0 Å². The fourth-order valence-corrected chi connectivity index (χ4v) is 1.76. The Morgan fingerprint density at radius 2 is 2.05 bits per heavy atom. The molecular weight excluding hydrogens is 248 g/mol. The zero-order valence-electron chi connectivity index (χ0n) is 10.4. The lowest BCUT2D eigenvalue weighted by Crippen LogP contribution is -2.03. The lowest BCUT2D eigenvalue weighted by atomic mass is 10.2. The molecule has 1 heterocycles. The minimum Gasteiger partial charge on any atom is -0.497 e.